The van der Waals surface area contributed by atoms with Crippen LogP contribution in [0, 0.1) is 0 Å². The zero-order chi connectivity index (χ0) is 30.1. The van der Waals surface area contributed by atoms with Gasteiger partial charge in [0.15, 0.2) is 0 Å². The number of fused-ring (bicyclic) bond motifs is 1. The molecule has 0 fully saturated rings. The third-order valence-electron chi connectivity index (χ3n) is 6.39. The van der Waals surface area contributed by atoms with E-state index >= 15 is 0 Å². The molecule has 0 bridgehead atoms. The van der Waals surface area contributed by atoms with Crippen molar-refractivity contribution >= 4 is 40.6 Å². The van der Waals surface area contributed by atoms with Crippen LogP contribution in [0.25, 0.3) is 10.9 Å². The van der Waals surface area contributed by atoms with Crippen molar-refractivity contribution in [3.63, 3.8) is 0 Å². The van der Waals surface area contributed by atoms with Gasteiger partial charge in [0.05, 0.1) is 18.5 Å². The van der Waals surface area contributed by atoms with Crippen LogP contribution >= 0.6 is 0 Å². The molecule has 5 atom stereocenters. The first kappa shape index (κ1) is 30.8. The summed E-state index contributed by atoms with van der Waals surface area (Å²) in [6, 6.07) is 1.89. The van der Waals surface area contributed by atoms with Gasteiger partial charge in [0.2, 0.25) is 17.7 Å². The van der Waals surface area contributed by atoms with Crippen LogP contribution in [0.2, 0.25) is 0 Å². The quantitative estimate of drug-likeness (QED) is 0.105. The summed E-state index contributed by atoms with van der Waals surface area (Å²) in [6.07, 6.45) is 2.07. The Bertz CT molecular complexity index is 1370. The van der Waals surface area contributed by atoms with Crippen LogP contribution in [0.3, 0.4) is 0 Å². The molecule has 1 aromatic carbocycles. The van der Waals surface area contributed by atoms with Crippen molar-refractivity contribution in [2.75, 3.05) is 0 Å². The molecule has 41 heavy (non-hydrogen) atoms. The molecule has 2 heterocycles. The first-order valence-electron chi connectivity index (χ1n) is 12.8. The smallest absolute Gasteiger partial charge is 0.326 e. The van der Waals surface area contributed by atoms with Gasteiger partial charge < -0.3 is 47.0 Å². The lowest BCUT2D eigenvalue weighted by molar-refractivity contribution is -0.143. The number of aliphatic hydroxyl groups excluding tert-OH is 1. The summed E-state index contributed by atoms with van der Waals surface area (Å²) in [5, 5.41) is 36.8. The van der Waals surface area contributed by atoms with Gasteiger partial charge >= 0.3 is 11.9 Å². The molecule has 0 aliphatic carbocycles. The molecule has 2 aromatic heterocycles. The van der Waals surface area contributed by atoms with Gasteiger partial charge in [-0.05, 0) is 31.4 Å². The fourth-order valence-corrected chi connectivity index (χ4v) is 4.18. The van der Waals surface area contributed by atoms with Crippen LogP contribution in [-0.4, -0.2) is 90.2 Å². The van der Waals surface area contributed by atoms with Crippen molar-refractivity contribution in [2.24, 2.45) is 5.73 Å². The second kappa shape index (κ2) is 14.0. The summed E-state index contributed by atoms with van der Waals surface area (Å²) >= 11 is 0. The van der Waals surface area contributed by atoms with E-state index in [4.69, 9.17) is 10.8 Å². The molecule has 3 rings (SSSR count). The van der Waals surface area contributed by atoms with Gasteiger partial charge in [-0.3, -0.25) is 19.2 Å². The number of carbonyl (C=O) groups is 5. The minimum atomic E-state index is -1.54. The first-order valence-corrected chi connectivity index (χ1v) is 12.8. The van der Waals surface area contributed by atoms with Gasteiger partial charge in [0.1, 0.15) is 18.1 Å². The van der Waals surface area contributed by atoms with Crippen LogP contribution in [0.15, 0.2) is 43.0 Å². The molecule has 0 aliphatic heterocycles. The molecule has 0 spiro atoms. The van der Waals surface area contributed by atoms with E-state index < -0.39 is 66.4 Å². The number of aliphatic carboxylic acids is 2. The summed E-state index contributed by atoms with van der Waals surface area (Å²) in [5.41, 5.74) is 8.14. The van der Waals surface area contributed by atoms with E-state index in [-0.39, 0.29) is 19.3 Å². The molecule has 3 amide bonds. The molecule has 0 saturated carbocycles. The molecule has 3 aromatic rings. The number of para-hydroxylation sites is 1. The minimum absolute atomic E-state index is 0.126. The molecule has 15 nitrogen and oxygen atoms in total. The van der Waals surface area contributed by atoms with E-state index in [1.165, 1.54) is 19.4 Å². The molecule has 15 heteroatoms. The van der Waals surface area contributed by atoms with Gasteiger partial charge in [0, 0.05) is 41.8 Å². The van der Waals surface area contributed by atoms with Crippen molar-refractivity contribution in [1.29, 1.82) is 0 Å². The standard InChI is InChI=1S/C26H33N7O8/c1-13(34)22(33-23(37)17(27)8-14-10-29-18-5-3-2-4-16(14)18)25(39)31-19(6-7-21(35)36)24(38)32-20(26(40)41)9-15-11-28-12-30-15/h2-5,10-13,17,19-20,22,29,34H,6-9,27H2,1H3,(H,28,30)(H,31,39)(H,32,38)(H,33,37)(H,35,36)(H,40,41). The monoisotopic (exact) mass is 571 g/mol. The SMILES string of the molecule is CC(O)C(NC(=O)C(N)Cc1c[nH]c2ccccc12)C(=O)NC(CCC(=O)O)C(=O)NC(Cc1cnc[nH]1)C(=O)O. The third-order valence-corrected chi connectivity index (χ3v) is 6.39. The number of benzene rings is 1. The second-order valence-electron chi connectivity index (χ2n) is 9.57. The number of imidazole rings is 1. The highest BCUT2D eigenvalue weighted by atomic mass is 16.4. The topological polar surface area (TPSA) is 253 Å². The lowest BCUT2D eigenvalue weighted by atomic mass is 10.0. The Hall–Kier alpha value is -4.76. The van der Waals surface area contributed by atoms with Crippen LogP contribution < -0.4 is 21.7 Å². The molecular formula is C26H33N7O8. The van der Waals surface area contributed by atoms with Crippen molar-refractivity contribution in [3.05, 3.63) is 54.2 Å². The molecule has 10 N–H and O–H groups in total. The predicted molar refractivity (Wildman–Crippen MR) is 144 cm³/mol. The highest BCUT2D eigenvalue weighted by Crippen LogP contribution is 2.19. The summed E-state index contributed by atoms with van der Waals surface area (Å²) < 4.78 is 0. The number of nitrogens with two attached hydrogens (primary N) is 1. The van der Waals surface area contributed by atoms with Gasteiger partial charge in [-0.15, -0.1) is 0 Å². The molecule has 0 saturated heterocycles. The van der Waals surface area contributed by atoms with Crippen LogP contribution in [-0.2, 0) is 36.8 Å². The average molecular weight is 572 g/mol. The van der Waals surface area contributed by atoms with E-state index in [0.29, 0.717) is 5.69 Å². The van der Waals surface area contributed by atoms with Gasteiger partial charge in [0.25, 0.3) is 0 Å². The number of aromatic amines is 2. The number of hydrogen-bond acceptors (Lipinski definition) is 8. The number of H-pyrrole nitrogens is 2. The predicted octanol–water partition coefficient (Wildman–Crippen LogP) is -1.21. The molecular weight excluding hydrogens is 538 g/mol. The lowest BCUT2D eigenvalue weighted by Gasteiger charge is -2.26. The van der Waals surface area contributed by atoms with E-state index in [1.54, 1.807) is 6.20 Å². The number of aliphatic hydroxyl groups is 1. The van der Waals surface area contributed by atoms with Gasteiger partial charge in [-0.1, -0.05) is 18.2 Å². The number of nitrogens with one attached hydrogen (secondary N) is 5. The summed E-state index contributed by atoms with van der Waals surface area (Å²) in [4.78, 5) is 71.4. The van der Waals surface area contributed by atoms with E-state index in [9.17, 15) is 34.2 Å². The Morgan fingerprint density at radius 1 is 0.951 bits per heavy atom. The Balaban J connectivity index is 1.68. The number of carboxylic acid groups (broad SMARTS) is 2. The van der Waals surface area contributed by atoms with Gasteiger partial charge in [-0.25, -0.2) is 9.78 Å². The minimum Gasteiger partial charge on any atom is -0.481 e. The normalized spacial score (nSPS) is 14.8. The summed E-state index contributed by atoms with van der Waals surface area (Å²) in [7, 11) is 0. The van der Waals surface area contributed by atoms with E-state index in [1.807, 2.05) is 24.3 Å². The van der Waals surface area contributed by atoms with Crippen LogP contribution in [0.5, 0.6) is 0 Å². The zero-order valence-electron chi connectivity index (χ0n) is 22.2. The molecule has 220 valence electrons. The van der Waals surface area contributed by atoms with Crippen molar-refractivity contribution in [3.8, 4) is 0 Å². The molecule has 0 radical (unpaired) electrons. The number of carboxylic acids is 2. The van der Waals surface area contributed by atoms with Crippen molar-refractivity contribution < 1.29 is 39.3 Å². The second-order valence-corrected chi connectivity index (χ2v) is 9.57. The number of aromatic nitrogens is 3. The fraction of sp³-hybridized carbons (Fsp3) is 0.385. The van der Waals surface area contributed by atoms with Crippen molar-refractivity contribution in [1.82, 2.24) is 30.9 Å². The average Bonchev–Trinajstić information content (AvgIpc) is 3.58. The number of amides is 3. The number of carbonyl (C=O) groups excluding carboxylic acids is 3. The van der Waals surface area contributed by atoms with E-state index in [2.05, 4.69) is 30.9 Å². The zero-order valence-corrected chi connectivity index (χ0v) is 22.2. The van der Waals surface area contributed by atoms with Crippen molar-refractivity contribution in [2.45, 2.75) is 62.9 Å². The Morgan fingerprint density at radius 2 is 1.66 bits per heavy atom. The summed E-state index contributed by atoms with van der Waals surface area (Å²) in [5.74, 6) is -5.31. The Kier molecular flexibility index (Phi) is 10.5. The van der Waals surface area contributed by atoms with Gasteiger partial charge in [-0.2, -0.15) is 0 Å². The Labute approximate surface area is 233 Å². The molecule has 0 aliphatic rings. The van der Waals surface area contributed by atoms with Crippen LogP contribution in [0.4, 0.5) is 0 Å². The maximum atomic E-state index is 13.1. The fourth-order valence-electron chi connectivity index (χ4n) is 4.18. The van der Waals surface area contributed by atoms with E-state index in [0.717, 1.165) is 16.5 Å². The number of hydrogen-bond donors (Lipinski definition) is 9. The first-order chi connectivity index (χ1) is 19.5. The maximum Gasteiger partial charge on any atom is 0.326 e. The lowest BCUT2D eigenvalue weighted by Crippen LogP contribution is -2.60. The highest BCUT2D eigenvalue weighted by Gasteiger charge is 2.33. The Morgan fingerprint density at radius 3 is 2.29 bits per heavy atom. The number of rotatable bonds is 15. The van der Waals surface area contributed by atoms with Crippen LogP contribution in [0.1, 0.15) is 31.0 Å². The third kappa shape index (κ3) is 8.61. The molecule has 5 unspecified atom stereocenters. The highest BCUT2D eigenvalue weighted by molar-refractivity contribution is 5.95. The largest absolute Gasteiger partial charge is 0.481 e. The maximum absolute atomic E-state index is 13.1. The summed E-state index contributed by atoms with van der Waals surface area (Å²) in [6.45, 7) is 1.24. The number of nitrogens with zero attached hydrogens (tertiary/aromatic N) is 1.